The van der Waals surface area contributed by atoms with Crippen molar-refractivity contribution < 1.29 is 9.18 Å². The predicted molar refractivity (Wildman–Crippen MR) is 127 cm³/mol. The zero-order valence-electron chi connectivity index (χ0n) is 16.4. The van der Waals surface area contributed by atoms with Crippen molar-refractivity contribution in [3.05, 3.63) is 48.3 Å². The average molecular weight is 472 g/mol. The van der Waals surface area contributed by atoms with Gasteiger partial charge in [0, 0.05) is 22.9 Å². The fraction of sp³-hybridized carbons (Fsp3) is 0.300. The van der Waals surface area contributed by atoms with E-state index in [1.165, 1.54) is 23.9 Å². The van der Waals surface area contributed by atoms with Crippen LogP contribution >= 0.6 is 47.3 Å². The molecule has 0 spiro atoms. The Morgan fingerprint density at radius 3 is 2.52 bits per heavy atom. The molecule has 0 saturated heterocycles. The van der Waals surface area contributed by atoms with Gasteiger partial charge in [-0.1, -0.05) is 17.4 Å². The second-order valence-electron chi connectivity index (χ2n) is 6.39. The SMILES string of the molecule is CSc1cccc2sc(N(CCN(C)C)C(=O)CSc3ccc(F)cc3)nc12.Cl. The van der Waals surface area contributed by atoms with Crippen LogP contribution in [0, 0.1) is 5.82 Å². The van der Waals surface area contributed by atoms with Crippen molar-refractivity contribution in [2.24, 2.45) is 0 Å². The van der Waals surface area contributed by atoms with E-state index in [-0.39, 0.29) is 29.9 Å². The van der Waals surface area contributed by atoms with Gasteiger partial charge in [-0.3, -0.25) is 9.69 Å². The molecule has 1 amide bonds. The van der Waals surface area contributed by atoms with E-state index in [2.05, 4.69) is 0 Å². The van der Waals surface area contributed by atoms with Gasteiger partial charge in [0.25, 0.3) is 0 Å². The first-order valence-electron chi connectivity index (χ1n) is 8.75. The molecule has 0 atom stereocenters. The number of halogens is 2. The molecule has 0 fully saturated rings. The van der Waals surface area contributed by atoms with Gasteiger partial charge >= 0.3 is 0 Å². The van der Waals surface area contributed by atoms with Gasteiger partial charge in [0.15, 0.2) is 5.13 Å². The first-order chi connectivity index (χ1) is 13.5. The van der Waals surface area contributed by atoms with Crippen LogP contribution in [0.15, 0.2) is 52.3 Å². The van der Waals surface area contributed by atoms with E-state index in [4.69, 9.17) is 4.98 Å². The van der Waals surface area contributed by atoms with Gasteiger partial charge in [-0.15, -0.1) is 35.9 Å². The summed E-state index contributed by atoms with van der Waals surface area (Å²) in [6, 6.07) is 12.3. The van der Waals surface area contributed by atoms with Gasteiger partial charge in [-0.25, -0.2) is 9.37 Å². The fourth-order valence-electron chi connectivity index (χ4n) is 2.57. The van der Waals surface area contributed by atoms with Gasteiger partial charge in [0.2, 0.25) is 5.91 Å². The minimum Gasteiger partial charge on any atom is -0.308 e. The molecule has 0 unspecified atom stereocenters. The van der Waals surface area contributed by atoms with Crippen LogP contribution in [0.2, 0.25) is 0 Å². The van der Waals surface area contributed by atoms with Gasteiger partial charge < -0.3 is 4.90 Å². The van der Waals surface area contributed by atoms with Crippen molar-refractivity contribution in [3.8, 4) is 0 Å². The Labute approximate surface area is 189 Å². The Bertz CT molecular complexity index is 950. The lowest BCUT2D eigenvalue weighted by molar-refractivity contribution is -0.116. The highest BCUT2D eigenvalue weighted by molar-refractivity contribution is 8.00. The Kier molecular flexibility index (Phi) is 9.23. The maximum atomic E-state index is 13.1. The number of thiazole rings is 1. The van der Waals surface area contributed by atoms with Crippen LogP contribution in [0.4, 0.5) is 9.52 Å². The van der Waals surface area contributed by atoms with Gasteiger partial charge in [0.05, 0.1) is 16.0 Å². The first-order valence-corrected chi connectivity index (χ1v) is 11.8. The van der Waals surface area contributed by atoms with Crippen LogP contribution in [0.25, 0.3) is 10.2 Å². The molecule has 2 aromatic carbocycles. The standard InChI is InChI=1S/C20H22FN3OS3.ClH/c1-23(2)11-12-24(18(25)13-27-15-9-7-14(21)8-10-15)20-22-19-16(26-3)5-4-6-17(19)28-20;/h4-10H,11-13H2,1-3H3;1H. The summed E-state index contributed by atoms with van der Waals surface area (Å²) in [6.45, 7) is 1.32. The summed E-state index contributed by atoms with van der Waals surface area (Å²) in [6.07, 6.45) is 2.03. The third-order valence-corrected chi connectivity index (χ3v) is 6.88. The lowest BCUT2D eigenvalue weighted by atomic mass is 10.3. The van der Waals surface area contributed by atoms with Crippen LogP contribution < -0.4 is 4.90 Å². The molecule has 1 heterocycles. The van der Waals surface area contributed by atoms with Crippen LogP contribution in [0.5, 0.6) is 0 Å². The van der Waals surface area contributed by atoms with Crippen molar-refractivity contribution in [1.82, 2.24) is 9.88 Å². The van der Waals surface area contributed by atoms with Crippen LogP contribution in [0.1, 0.15) is 0 Å². The highest BCUT2D eigenvalue weighted by Crippen LogP contribution is 2.34. The van der Waals surface area contributed by atoms with Crippen LogP contribution in [0.3, 0.4) is 0 Å². The highest BCUT2D eigenvalue weighted by atomic mass is 35.5. The van der Waals surface area contributed by atoms with Gasteiger partial charge in [-0.2, -0.15) is 0 Å². The Hall–Kier alpha value is -1.32. The molecular formula is C20H23ClFN3OS3. The van der Waals surface area contributed by atoms with Crippen molar-refractivity contribution >= 4 is 68.5 Å². The van der Waals surface area contributed by atoms with Crippen LogP contribution in [-0.4, -0.2) is 55.0 Å². The van der Waals surface area contributed by atoms with Gasteiger partial charge in [0.1, 0.15) is 5.82 Å². The molecule has 0 aliphatic heterocycles. The molecule has 0 N–H and O–H groups in total. The normalized spacial score (nSPS) is 10.9. The number of para-hydroxylation sites is 1. The predicted octanol–water partition coefficient (Wildman–Crippen LogP) is 5.27. The van der Waals surface area contributed by atoms with Crippen molar-refractivity contribution in [2.75, 3.05) is 44.1 Å². The number of fused-ring (bicyclic) bond motifs is 1. The first kappa shape index (κ1) is 24.0. The number of hydrogen-bond donors (Lipinski definition) is 0. The monoisotopic (exact) mass is 471 g/mol. The molecule has 29 heavy (non-hydrogen) atoms. The zero-order valence-corrected chi connectivity index (χ0v) is 19.7. The van der Waals surface area contributed by atoms with E-state index in [1.807, 2.05) is 43.5 Å². The van der Waals surface area contributed by atoms with E-state index < -0.39 is 0 Å². The summed E-state index contributed by atoms with van der Waals surface area (Å²) in [4.78, 5) is 23.6. The number of hydrogen-bond acceptors (Lipinski definition) is 6. The number of anilines is 1. The topological polar surface area (TPSA) is 36.4 Å². The molecule has 0 aliphatic rings. The zero-order chi connectivity index (χ0) is 20.1. The smallest absolute Gasteiger partial charge is 0.239 e. The van der Waals surface area contributed by atoms with E-state index in [0.717, 1.165) is 31.7 Å². The number of carbonyl (C=O) groups excluding carboxylic acids is 1. The number of aromatic nitrogens is 1. The summed E-state index contributed by atoms with van der Waals surface area (Å²) in [7, 11) is 3.97. The second-order valence-corrected chi connectivity index (χ2v) is 9.30. The molecule has 0 radical (unpaired) electrons. The molecule has 156 valence electrons. The molecule has 1 aromatic heterocycles. The Balaban J connectivity index is 0.00000300. The maximum absolute atomic E-state index is 13.1. The molecular weight excluding hydrogens is 449 g/mol. The number of amides is 1. The largest absolute Gasteiger partial charge is 0.308 e. The summed E-state index contributed by atoms with van der Waals surface area (Å²) in [5, 5.41) is 0.725. The number of nitrogens with zero attached hydrogens (tertiary/aromatic N) is 3. The molecule has 0 saturated carbocycles. The third-order valence-electron chi connectivity index (χ3n) is 4.07. The number of carbonyl (C=O) groups is 1. The molecule has 0 bridgehead atoms. The Morgan fingerprint density at radius 1 is 1.14 bits per heavy atom. The summed E-state index contributed by atoms with van der Waals surface area (Å²) < 4.78 is 14.2. The minimum atomic E-state index is -0.276. The highest BCUT2D eigenvalue weighted by Gasteiger charge is 2.21. The number of benzene rings is 2. The van der Waals surface area contributed by atoms with E-state index in [0.29, 0.717) is 6.54 Å². The maximum Gasteiger partial charge on any atom is 0.239 e. The average Bonchev–Trinajstić information content (AvgIpc) is 3.11. The van der Waals surface area contributed by atoms with E-state index >= 15 is 0 Å². The molecule has 3 rings (SSSR count). The Morgan fingerprint density at radius 2 is 1.86 bits per heavy atom. The van der Waals surface area contributed by atoms with Crippen molar-refractivity contribution in [3.63, 3.8) is 0 Å². The lowest BCUT2D eigenvalue weighted by Crippen LogP contribution is -2.37. The molecule has 3 aromatic rings. The summed E-state index contributed by atoms with van der Waals surface area (Å²) in [5.74, 6) is 0.00739. The third kappa shape index (κ3) is 6.33. The van der Waals surface area contributed by atoms with Gasteiger partial charge in [-0.05, 0) is 56.7 Å². The van der Waals surface area contributed by atoms with E-state index in [9.17, 15) is 9.18 Å². The number of rotatable bonds is 8. The lowest BCUT2D eigenvalue weighted by Gasteiger charge is -2.21. The fourth-order valence-corrected chi connectivity index (χ4v) is 5.01. The quantitative estimate of drug-likeness (QED) is 0.418. The number of likely N-dealkylation sites (N-methyl/N-ethyl adjacent to an activating group) is 1. The van der Waals surface area contributed by atoms with Crippen LogP contribution in [-0.2, 0) is 4.79 Å². The molecule has 0 aliphatic carbocycles. The summed E-state index contributed by atoms with van der Waals surface area (Å²) >= 11 is 4.61. The van der Waals surface area contributed by atoms with E-state index in [1.54, 1.807) is 40.1 Å². The molecule has 9 heteroatoms. The van der Waals surface area contributed by atoms with Crippen molar-refractivity contribution in [1.29, 1.82) is 0 Å². The summed E-state index contributed by atoms with van der Waals surface area (Å²) in [5.41, 5.74) is 0.948. The molecule has 4 nitrogen and oxygen atoms in total. The minimum absolute atomic E-state index is 0. The second kappa shape index (κ2) is 11.2. The van der Waals surface area contributed by atoms with Crippen molar-refractivity contribution in [2.45, 2.75) is 9.79 Å². The number of thioether (sulfide) groups is 2.